The summed E-state index contributed by atoms with van der Waals surface area (Å²) in [4.78, 5) is 4.15. The molecule has 1 aromatic heterocycles. The van der Waals surface area contributed by atoms with Crippen LogP contribution in [0.3, 0.4) is 0 Å². The van der Waals surface area contributed by atoms with E-state index in [1.807, 2.05) is 6.92 Å². The van der Waals surface area contributed by atoms with Crippen LogP contribution in [0.1, 0.15) is 38.4 Å². The summed E-state index contributed by atoms with van der Waals surface area (Å²) in [6.45, 7) is 8.31. The van der Waals surface area contributed by atoms with Crippen LogP contribution in [0.15, 0.2) is 4.52 Å². The van der Waals surface area contributed by atoms with Crippen molar-refractivity contribution in [3.05, 3.63) is 11.7 Å². The van der Waals surface area contributed by atoms with Gasteiger partial charge in [-0.3, -0.25) is 0 Å². The molecule has 1 atom stereocenters. The Balaban J connectivity index is 2.06. The molecule has 0 aliphatic heterocycles. The Bertz CT molecular complexity index is 273. The molecule has 0 radical (unpaired) electrons. The summed E-state index contributed by atoms with van der Waals surface area (Å²) in [7, 11) is 0. The highest BCUT2D eigenvalue weighted by atomic mass is 16.5. The Kier molecular flexibility index (Phi) is 5.32. The average Bonchev–Trinajstić information content (AvgIpc) is 2.60. The van der Waals surface area contributed by atoms with Crippen LogP contribution >= 0.6 is 0 Å². The molecule has 0 saturated heterocycles. The van der Waals surface area contributed by atoms with Crippen LogP contribution in [0, 0.1) is 12.8 Å². The zero-order valence-electron chi connectivity index (χ0n) is 9.92. The molecule has 0 spiro atoms. The fourth-order valence-electron chi connectivity index (χ4n) is 1.58. The monoisotopic (exact) mass is 211 g/mol. The predicted octanol–water partition coefficient (Wildman–Crippen LogP) is 1.95. The van der Waals surface area contributed by atoms with Gasteiger partial charge in [-0.15, -0.1) is 0 Å². The maximum Gasteiger partial charge on any atom is 0.227 e. The molecule has 4 nitrogen and oxygen atoms in total. The Labute approximate surface area is 91.5 Å². The maximum atomic E-state index is 5.02. The quantitative estimate of drug-likeness (QED) is 0.700. The van der Waals surface area contributed by atoms with Gasteiger partial charge in [-0.1, -0.05) is 25.4 Å². The number of nitrogens with zero attached hydrogens (tertiary/aromatic N) is 2. The van der Waals surface area contributed by atoms with E-state index in [0.29, 0.717) is 5.82 Å². The minimum absolute atomic E-state index is 0.712. The lowest BCUT2D eigenvalue weighted by Gasteiger charge is -2.10. The van der Waals surface area contributed by atoms with Gasteiger partial charge in [-0.05, 0) is 25.8 Å². The van der Waals surface area contributed by atoms with Gasteiger partial charge in [0.05, 0.1) is 0 Å². The lowest BCUT2D eigenvalue weighted by molar-refractivity contribution is 0.369. The third-order valence-electron chi connectivity index (χ3n) is 2.36. The van der Waals surface area contributed by atoms with Crippen LogP contribution < -0.4 is 5.32 Å². The van der Waals surface area contributed by atoms with Gasteiger partial charge in [0.25, 0.3) is 0 Å². The fraction of sp³-hybridized carbons (Fsp3) is 0.818. The molecule has 1 aromatic rings. The summed E-state index contributed by atoms with van der Waals surface area (Å²) in [6.07, 6.45) is 3.36. The fourth-order valence-corrected chi connectivity index (χ4v) is 1.58. The third kappa shape index (κ3) is 4.93. The van der Waals surface area contributed by atoms with Crippen molar-refractivity contribution < 1.29 is 4.52 Å². The minimum Gasteiger partial charge on any atom is -0.339 e. The van der Waals surface area contributed by atoms with Crippen LogP contribution in [-0.2, 0) is 6.42 Å². The average molecular weight is 211 g/mol. The van der Waals surface area contributed by atoms with Gasteiger partial charge < -0.3 is 9.84 Å². The third-order valence-corrected chi connectivity index (χ3v) is 2.36. The standard InChI is InChI=1S/C11H21N3O/c1-4-5-9(2)8-12-7-6-11-13-10(3)14-15-11/h9,12H,4-8H2,1-3H3. The SMILES string of the molecule is CCCC(C)CNCCc1nc(C)no1. The highest BCUT2D eigenvalue weighted by Gasteiger charge is 2.03. The number of rotatable bonds is 7. The predicted molar refractivity (Wildman–Crippen MR) is 59.7 cm³/mol. The molecule has 1 heterocycles. The largest absolute Gasteiger partial charge is 0.339 e. The molecule has 0 bridgehead atoms. The van der Waals surface area contributed by atoms with Crippen LogP contribution in [0.25, 0.3) is 0 Å². The van der Waals surface area contributed by atoms with E-state index in [-0.39, 0.29) is 0 Å². The van der Waals surface area contributed by atoms with Crippen LogP contribution in [0.4, 0.5) is 0 Å². The molecule has 0 saturated carbocycles. The zero-order valence-corrected chi connectivity index (χ0v) is 9.92. The van der Waals surface area contributed by atoms with Gasteiger partial charge in [0.15, 0.2) is 5.82 Å². The molecule has 0 aliphatic rings. The molecule has 0 aromatic carbocycles. The molecule has 86 valence electrons. The molecular weight excluding hydrogens is 190 g/mol. The van der Waals surface area contributed by atoms with Crippen molar-refractivity contribution >= 4 is 0 Å². The number of aromatic nitrogens is 2. The van der Waals surface area contributed by atoms with Crippen molar-refractivity contribution in [2.75, 3.05) is 13.1 Å². The molecule has 1 unspecified atom stereocenters. The van der Waals surface area contributed by atoms with E-state index in [0.717, 1.165) is 31.3 Å². The van der Waals surface area contributed by atoms with Gasteiger partial charge >= 0.3 is 0 Å². The van der Waals surface area contributed by atoms with Crippen molar-refractivity contribution in [2.45, 2.75) is 40.0 Å². The number of hydrogen-bond acceptors (Lipinski definition) is 4. The first-order valence-corrected chi connectivity index (χ1v) is 5.72. The topological polar surface area (TPSA) is 51.0 Å². The van der Waals surface area contributed by atoms with Crippen LogP contribution in [0.5, 0.6) is 0 Å². The van der Waals surface area contributed by atoms with E-state index in [4.69, 9.17) is 4.52 Å². The Morgan fingerprint density at radius 1 is 1.47 bits per heavy atom. The summed E-state index contributed by atoms with van der Waals surface area (Å²) in [5.41, 5.74) is 0. The molecule has 1 N–H and O–H groups in total. The van der Waals surface area contributed by atoms with E-state index in [9.17, 15) is 0 Å². The van der Waals surface area contributed by atoms with Gasteiger partial charge in [0.1, 0.15) is 0 Å². The summed E-state index contributed by atoms with van der Waals surface area (Å²) in [5, 5.41) is 7.15. The summed E-state index contributed by atoms with van der Waals surface area (Å²) in [5.74, 6) is 2.19. The van der Waals surface area contributed by atoms with Crippen molar-refractivity contribution in [3.8, 4) is 0 Å². The smallest absolute Gasteiger partial charge is 0.227 e. The lowest BCUT2D eigenvalue weighted by atomic mass is 10.1. The Morgan fingerprint density at radius 2 is 2.27 bits per heavy atom. The van der Waals surface area contributed by atoms with Crippen LogP contribution in [-0.4, -0.2) is 23.2 Å². The van der Waals surface area contributed by atoms with Crippen molar-refractivity contribution in [3.63, 3.8) is 0 Å². The normalized spacial score (nSPS) is 13.0. The zero-order chi connectivity index (χ0) is 11.1. The molecule has 1 rings (SSSR count). The minimum atomic E-state index is 0.712. The van der Waals surface area contributed by atoms with E-state index >= 15 is 0 Å². The summed E-state index contributed by atoms with van der Waals surface area (Å²) >= 11 is 0. The van der Waals surface area contributed by atoms with Gasteiger partial charge in [-0.2, -0.15) is 4.98 Å². The second-order valence-electron chi connectivity index (χ2n) is 4.08. The summed E-state index contributed by atoms with van der Waals surface area (Å²) in [6, 6.07) is 0. The molecule has 0 aliphatic carbocycles. The maximum absolute atomic E-state index is 5.02. The van der Waals surface area contributed by atoms with Crippen LogP contribution in [0.2, 0.25) is 0 Å². The van der Waals surface area contributed by atoms with E-state index in [1.54, 1.807) is 0 Å². The summed E-state index contributed by atoms with van der Waals surface area (Å²) < 4.78 is 5.02. The molecule has 4 heteroatoms. The number of nitrogens with one attached hydrogen (secondary N) is 1. The highest BCUT2D eigenvalue weighted by molar-refractivity contribution is 4.83. The Morgan fingerprint density at radius 3 is 2.87 bits per heavy atom. The van der Waals surface area contributed by atoms with E-state index in [2.05, 4.69) is 29.3 Å². The van der Waals surface area contributed by atoms with Gasteiger partial charge in [-0.25, -0.2) is 0 Å². The highest BCUT2D eigenvalue weighted by Crippen LogP contribution is 2.02. The molecule has 15 heavy (non-hydrogen) atoms. The Hall–Kier alpha value is -0.900. The molecule has 0 fully saturated rings. The second kappa shape index (κ2) is 6.56. The first-order chi connectivity index (χ1) is 7.22. The van der Waals surface area contributed by atoms with E-state index < -0.39 is 0 Å². The van der Waals surface area contributed by atoms with Gasteiger partial charge in [0.2, 0.25) is 5.89 Å². The molecular formula is C11H21N3O. The number of aryl methyl sites for hydroxylation is 1. The van der Waals surface area contributed by atoms with E-state index in [1.165, 1.54) is 12.8 Å². The molecule has 0 amide bonds. The second-order valence-corrected chi connectivity index (χ2v) is 4.08. The first-order valence-electron chi connectivity index (χ1n) is 5.72. The van der Waals surface area contributed by atoms with Gasteiger partial charge in [0, 0.05) is 13.0 Å². The van der Waals surface area contributed by atoms with Crippen molar-refractivity contribution in [1.29, 1.82) is 0 Å². The number of hydrogen-bond donors (Lipinski definition) is 1. The van der Waals surface area contributed by atoms with Crippen molar-refractivity contribution in [2.24, 2.45) is 5.92 Å². The van der Waals surface area contributed by atoms with Crippen molar-refractivity contribution in [1.82, 2.24) is 15.5 Å². The first kappa shape index (κ1) is 12.2. The lowest BCUT2D eigenvalue weighted by Crippen LogP contribution is -2.23.